The molecule has 0 aliphatic rings. The van der Waals surface area contributed by atoms with Gasteiger partial charge in [0.25, 0.3) is 5.91 Å². The van der Waals surface area contributed by atoms with Crippen molar-refractivity contribution in [2.24, 2.45) is 0 Å². The van der Waals surface area contributed by atoms with Crippen molar-refractivity contribution in [3.8, 4) is 0 Å². The summed E-state index contributed by atoms with van der Waals surface area (Å²) in [5, 5.41) is 2.93. The molecule has 0 fully saturated rings. The highest BCUT2D eigenvalue weighted by molar-refractivity contribution is 5.94. The highest BCUT2D eigenvalue weighted by atomic mass is 16.1. The Morgan fingerprint density at radius 3 is 2.56 bits per heavy atom. The van der Waals surface area contributed by atoms with Crippen molar-refractivity contribution < 1.29 is 4.79 Å². The normalized spacial score (nSPS) is 11.8. The first-order valence-corrected chi connectivity index (χ1v) is 5.80. The number of nitrogens with two attached hydrogens (primary N) is 1. The van der Waals surface area contributed by atoms with E-state index in [1.807, 2.05) is 37.3 Å². The molecule has 0 saturated heterocycles. The van der Waals surface area contributed by atoms with Gasteiger partial charge in [0.05, 0.1) is 6.04 Å². The summed E-state index contributed by atoms with van der Waals surface area (Å²) in [4.78, 5) is 12.0. The Morgan fingerprint density at radius 1 is 1.22 bits per heavy atom. The molecule has 1 atom stereocenters. The minimum absolute atomic E-state index is 0.0312. The number of amides is 1. The van der Waals surface area contributed by atoms with Crippen LogP contribution in [0.4, 0.5) is 5.69 Å². The average molecular weight is 239 g/mol. The molecule has 2 aromatic rings. The van der Waals surface area contributed by atoms with Crippen LogP contribution in [0.5, 0.6) is 0 Å². The molecule has 0 saturated carbocycles. The summed E-state index contributed by atoms with van der Waals surface area (Å²) in [6.45, 7) is 1.95. The second-order valence-corrected chi connectivity index (χ2v) is 4.14. The van der Waals surface area contributed by atoms with Crippen LogP contribution in [0.3, 0.4) is 0 Å². The van der Waals surface area contributed by atoms with Crippen LogP contribution in [0.15, 0.2) is 48.5 Å². The van der Waals surface area contributed by atoms with Gasteiger partial charge in [-0.15, -0.1) is 0 Å². The van der Waals surface area contributed by atoms with Gasteiger partial charge in [0.15, 0.2) is 0 Å². The maximum atomic E-state index is 12.0. The minimum atomic E-state index is -0.123. The predicted molar refractivity (Wildman–Crippen MR) is 72.0 cm³/mol. The van der Waals surface area contributed by atoms with Crippen LogP contribution in [0.25, 0.3) is 0 Å². The fraction of sp³-hybridized carbons (Fsp3) is 0.133. The summed E-state index contributed by atoms with van der Waals surface area (Å²) in [6, 6.07) is 17.6. The Balaban J connectivity index is 2.06. The van der Waals surface area contributed by atoms with Gasteiger partial charge in [-0.05, 0) is 30.7 Å². The highest BCUT2D eigenvalue weighted by Gasteiger charge is 2.10. The number of nitrogen functional groups attached to an aromatic ring is 1. The summed E-state index contributed by atoms with van der Waals surface area (Å²) in [5.41, 5.74) is 7.70. The van der Waals surface area contributed by atoms with Crippen molar-refractivity contribution in [3.63, 3.8) is 0 Å². The molecule has 3 N–H and O–H groups in total. The van der Waals surface area contributed by atoms with Gasteiger partial charge in [-0.1, -0.05) is 30.3 Å². The molecule has 0 bridgehead atoms. The first kappa shape index (κ1) is 12.2. The summed E-state index contributed by atoms with van der Waals surface area (Å²) >= 11 is 0. The predicted octanol–water partition coefficient (Wildman–Crippen LogP) is 2.56. The maximum absolute atomic E-state index is 12.0. The van der Waals surface area contributed by atoms with Crippen molar-refractivity contribution >= 4 is 11.6 Å². The number of hydrogen-bond acceptors (Lipinski definition) is 2. The topological polar surface area (TPSA) is 55.1 Å². The van der Waals surface area contributed by atoms with Crippen LogP contribution in [0.1, 0.15) is 28.9 Å². The summed E-state index contributed by atoms with van der Waals surface area (Å²) in [7, 11) is 0. The molecule has 2 rings (SSSR count). The maximum Gasteiger partial charge on any atom is 0.251 e. The zero-order chi connectivity index (χ0) is 13.0. The lowest BCUT2D eigenvalue weighted by Gasteiger charge is -2.14. The largest absolute Gasteiger partial charge is 0.398 e. The third kappa shape index (κ3) is 2.88. The summed E-state index contributed by atoms with van der Waals surface area (Å²) < 4.78 is 0. The Kier molecular flexibility index (Phi) is 3.63. The van der Waals surface area contributed by atoms with Crippen molar-refractivity contribution in [1.29, 1.82) is 0 Å². The van der Waals surface area contributed by atoms with E-state index in [1.165, 1.54) is 0 Å². The number of hydrogen-bond donors (Lipinski definition) is 2. The van der Waals surface area contributed by atoms with Crippen LogP contribution >= 0.6 is 0 Å². The van der Waals surface area contributed by atoms with E-state index in [9.17, 15) is 4.79 Å². The molecule has 3 heteroatoms. The van der Waals surface area contributed by atoms with Crippen molar-refractivity contribution in [2.75, 3.05) is 5.73 Å². The van der Waals surface area contributed by atoms with Gasteiger partial charge in [0.1, 0.15) is 0 Å². The van der Waals surface area contributed by atoms with E-state index in [0.29, 0.717) is 11.3 Å². The van der Waals surface area contributed by atoms with Gasteiger partial charge in [0, 0.05) is 17.3 Å². The Hall–Kier alpha value is -2.29. The first-order valence-electron chi connectivity index (χ1n) is 5.80. The Bertz CT molecular complexity index is 520. The van der Waals surface area contributed by atoms with Gasteiger partial charge in [-0.25, -0.2) is 0 Å². The van der Waals surface area contributed by atoms with Crippen LogP contribution in [0, 0.1) is 6.07 Å². The van der Waals surface area contributed by atoms with Gasteiger partial charge in [0.2, 0.25) is 0 Å². The summed E-state index contributed by atoms with van der Waals surface area (Å²) in [5.74, 6) is -0.123. The van der Waals surface area contributed by atoms with E-state index < -0.39 is 0 Å². The monoisotopic (exact) mass is 239 g/mol. The van der Waals surface area contributed by atoms with Crippen LogP contribution < -0.4 is 11.1 Å². The van der Waals surface area contributed by atoms with Crippen LogP contribution in [0.2, 0.25) is 0 Å². The molecule has 0 aliphatic heterocycles. The first-order chi connectivity index (χ1) is 8.66. The molecule has 3 nitrogen and oxygen atoms in total. The number of anilines is 1. The quantitative estimate of drug-likeness (QED) is 0.809. The van der Waals surface area contributed by atoms with E-state index in [2.05, 4.69) is 11.4 Å². The number of carbonyl (C=O) groups excluding carboxylic acids is 1. The number of rotatable bonds is 3. The van der Waals surface area contributed by atoms with Gasteiger partial charge in [-0.3, -0.25) is 4.79 Å². The van der Waals surface area contributed by atoms with Gasteiger partial charge < -0.3 is 11.1 Å². The number of nitrogens with one attached hydrogen (secondary N) is 1. The van der Waals surface area contributed by atoms with E-state index in [-0.39, 0.29) is 11.9 Å². The molecule has 91 valence electrons. The van der Waals surface area contributed by atoms with Crippen LogP contribution in [-0.4, -0.2) is 5.91 Å². The van der Waals surface area contributed by atoms with Crippen LogP contribution in [-0.2, 0) is 0 Å². The van der Waals surface area contributed by atoms with Gasteiger partial charge >= 0.3 is 0 Å². The van der Waals surface area contributed by atoms with Crippen molar-refractivity contribution in [3.05, 3.63) is 65.7 Å². The van der Waals surface area contributed by atoms with E-state index in [1.54, 1.807) is 18.2 Å². The van der Waals surface area contributed by atoms with Crippen molar-refractivity contribution in [1.82, 2.24) is 5.32 Å². The van der Waals surface area contributed by atoms with E-state index >= 15 is 0 Å². The smallest absolute Gasteiger partial charge is 0.251 e. The molecule has 0 heterocycles. The molecule has 2 aromatic carbocycles. The molecular weight excluding hydrogens is 224 g/mol. The van der Waals surface area contributed by atoms with Crippen molar-refractivity contribution in [2.45, 2.75) is 13.0 Å². The third-order valence-electron chi connectivity index (χ3n) is 2.75. The lowest BCUT2D eigenvalue weighted by molar-refractivity contribution is 0.0940. The second kappa shape index (κ2) is 5.36. The third-order valence-corrected chi connectivity index (χ3v) is 2.75. The second-order valence-electron chi connectivity index (χ2n) is 4.14. The van der Waals surface area contributed by atoms with Gasteiger partial charge in [-0.2, -0.15) is 0 Å². The molecule has 18 heavy (non-hydrogen) atoms. The molecule has 1 unspecified atom stereocenters. The van der Waals surface area contributed by atoms with E-state index in [4.69, 9.17) is 5.73 Å². The zero-order valence-electron chi connectivity index (χ0n) is 10.2. The van der Waals surface area contributed by atoms with E-state index in [0.717, 1.165) is 5.56 Å². The summed E-state index contributed by atoms with van der Waals surface area (Å²) in [6.07, 6.45) is 0. The lowest BCUT2D eigenvalue weighted by atomic mass is 10.1. The molecule has 0 aliphatic carbocycles. The standard InChI is InChI=1S/C15H15N2O/c1-11(12-5-3-2-4-6-12)17-15(18)13-7-9-14(16)10-8-13/h2-9,11H,16H2,1H3,(H,17,18). The molecule has 1 amide bonds. The number of carbonyl (C=O) groups is 1. The Labute approximate surface area is 107 Å². The molecule has 0 spiro atoms. The minimum Gasteiger partial charge on any atom is -0.398 e. The molecular formula is C15H15N2O. The zero-order valence-corrected chi connectivity index (χ0v) is 10.2. The Morgan fingerprint density at radius 2 is 1.94 bits per heavy atom. The SMILES string of the molecule is CC(NC(=O)c1c[c]c(N)cc1)c1ccccc1. The molecule has 0 aromatic heterocycles. The average Bonchev–Trinajstić information content (AvgIpc) is 2.40. The number of benzene rings is 2. The molecule has 1 radical (unpaired) electrons. The fourth-order valence-electron chi connectivity index (χ4n) is 1.68. The fourth-order valence-corrected chi connectivity index (χ4v) is 1.68. The lowest BCUT2D eigenvalue weighted by Crippen LogP contribution is -2.26. The highest BCUT2D eigenvalue weighted by Crippen LogP contribution is 2.12.